The second-order valence-electron chi connectivity index (χ2n) is 8.09. The normalized spacial score (nSPS) is 13.6. The van der Waals surface area contributed by atoms with Crippen molar-refractivity contribution in [1.29, 1.82) is 0 Å². The van der Waals surface area contributed by atoms with Crippen LogP contribution in [0.5, 0.6) is 11.5 Å². The van der Waals surface area contributed by atoms with Crippen LogP contribution in [0.1, 0.15) is 24.0 Å². The number of hydrogen-bond donors (Lipinski definition) is 2. The van der Waals surface area contributed by atoms with Gasteiger partial charge >= 0.3 is 7.69 Å². The van der Waals surface area contributed by atoms with Gasteiger partial charge in [-0.2, -0.15) is 0 Å². The molecule has 2 aromatic rings. The van der Waals surface area contributed by atoms with Crippen LogP contribution in [0.15, 0.2) is 41.3 Å². The Labute approximate surface area is 194 Å². The highest BCUT2D eigenvalue weighted by molar-refractivity contribution is 7.92. The van der Waals surface area contributed by atoms with Crippen LogP contribution in [0.4, 0.5) is 5.69 Å². The highest BCUT2D eigenvalue weighted by Gasteiger charge is 2.38. The van der Waals surface area contributed by atoms with Crippen molar-refractivity contribution >= 4 is 29.1 Å². The van der Waals surface area contributed by atoms with Gasteiger partial charge in [0, 0.05) is 17.8 Å². The van der Waals surface area contributed by atoms with E-state index >= 15 is 0 Å². The third-order valence-corrected chi connectivity index (χ3v) is 7.43. The lowest BCUT2D eigenvalue weighted by Crippen LogP contribution is -2.20. The van der Waals surface area contributed by atoms with E-state index in [1.165, 1.54) is 7.11 Å². The van der Waals surface area contributed by atoms with Crippen LogP contribution in [0.3, 0.4) is 0 Å². The second-order valence-corrected chi connectivity index (χ2v) is 10.3. The number of nitrogens with one attached hydrogen (secondary N) is 1. The summed E-state index contributed by atoms with van der Waals surface area (Å²) in [4.78, 5) is 14.6. The van der Waals surface area contributed by atoms with E-state index in [1.54, 1.807) is 36.4 Å². The number of nitrogens with zero attached hydrogens (tertiary/aromatic N) is 1. The Balaban J connectivity index is 1.64. The molecule has 0 atom stereocenters. The molecule has 2 aromatic carbocycles. The molecule has 0 heterocycles. The van der Waals surface area contributed by atoms with Gasteiger partial charge in [0.2, 0.25) is 5.91 Å². The summed E-state index contributed by atoms with van der Waals surface area (Å²) in [7, 11) is 1.45. The van der Waals surface area contributed by atoms with Crippen molar-refractivity contribution < 1.29 is 32.4 Å². The number of amides is 1. The lowest BCUT2D eigenvalue weighted by molar-refractivity contribution is -0.121. The lowest BCUT2D eigenvalue weighted by Gasteiger charge is -2.16. The van der Waals surface area contributed by atoms with Crippen LogP contribution in [0.2, 0.25) is 0 Å². The summed E-state index contributed by atoms with van der Waals surface area (Å²) in [5.74, 6) is 0.655. The molecular formula is C22H29BN2O7S. The maximum absolute atomic E-state index is 12.8. The second kappa shape index (κ2) is 11.0. The van der Waals surface area contributed by atoms with Gasteiger partial charge in [0.1, 0.15) is 18.1 Å². The minimum absolute atomic E-state index is 0.101. The van der Waals surface area contributed by atoms with Crippen molar-refractivity contribution in [1.82, 2.24) is 4.90 Å². The molecule has 0 bridgehead atoms. The Morgan fingerprint density at radius 3 is 2.58 bits per heavy atom. The molecule has 3 rings (SSSR count). The van der Waals surface area contributed by atoms with E-state index in [1.807, 2.05) is 19.0 Å². The van der Waals surface area contributed by atoms with Gasteiger partial charge in [-0.3, -0.25) is 4.79 Å². The number of carbonyl (C=O) groups excluding carboxylic acids is 1. The zero-order valence-electron chi connectivity index (χ0n) is 19.0. The van der Waals surface area contributed by atoms with Gasteiger partial charge in [0.15, 0.2) is 9.84 Å². The van der Waals surface area contributed by atoms with Gasteiger partial charge in [0.25, 0.3) is 0 Å². The molecule has 0 aliphatic heterocycles. The van der Waals surface area contributed by atoms with Gasteiger partial charge in [-0.05, 0) is 68.9 Å². The standard InChI is InChI=1S/C22H29BN2O7S/c1-25(2)12-15-10-17(4-9-21(15)33(28,29)19-6-7-19)24-22(26)14-31-13-16-11-18(32-23-27)5-8-20(16)30-3/h4-5,8-11,19,23,27H,6-7,12-14H2,1-3H3,(H,24,26). The predicted molar refractivity (Wildman–Crippen MR) is 125 cm³/mol. The first-order chi connectivity index (χ1) is 15.7. The molecule has 0 unspecified atom stereocenters. The average molecular weight is 476 g/mol. The number of anilines is 1. The molecule has 178 valence electrons. The third kappa shape index (κ3) is 6.70. The van der Waals surface area contributed by atoms with Crippen LogP contribution < -0.4 is 14.7 Å². The lowest BCUT2D eigenvalue weighted by atomic mass is 10.2. The zero-order chi connectivity index (χ0) is 24.0. The maximum Gasteiger partial charge on any atom is 0.504 e. The smallest absolute Gasteiger partial charge is 0.504 e. The van der Waals surface area contributed by atoms with Crippen LogP contribution in [0.25, 0.3) is 0 Å². The Morgan fingerprint density at radius 1 is 1.18 bits per heavy atom. The fraction of sp³-hybridized carbons (Fsp3) is 0.409. The fourth-order valence-corrected chi connectivity index (χ4v) is 5.30. The SMILES string of the molecule is COc1ccc(OBO)cc1COCC(=O)Nc1ccc(S(=O)(=O)C2CC2)c(CN(C)C)c1. The quantitative estimate of drug-likeness (QED) is 0.443. The number of sulfone groups is 1. The van der Waals surface area contributed by atoms with Gasteiger partial charge in [0.05, 0.1) is 23.9 Å². The molecule has 1 aliphatic carbocycles. The first kappa shape index (κ1) is 25.0. The van der Waals surface area contributed by atoms with E-state index in [-0.39, 0.29) is 24.4 Å². The van der Waals surface area contributed by atoms with Crippen LogP contribution in [0, 0.1) is 0 Å². The minimum Gasteiger partial charge on any atom is -0.539 e. The Bertz CT molecular complexity index is 1090. The molecular weight excluding hydrogens is 447 g/mol. The molecule has 1 aliphatic rings. The monoisotopic (exact) mass is 476 g/mol. The summed E-state index contributed by atoms with van der Waals surface area (Å²) in [6, 6.07) is 9.88. The van der Waals surface area contributed by atoms with Gasteiger partial charge < -0.3 is 29.4 Å². The zero-order valence-corrected chi connectivity index (χ0v) is 19.9. The van der Waals surface area contributed by atoms with E-state index in [0.29, 0.717) is 52.6 Å². The molecule has 1 fully saturated rings. The minimum atomic E-state index is -3.35. The third-order valence-electron chi connectivity index (χ3n) is 5.07. The summed E-state index contributed by atoms with van der Waals surface area (Å²) in [6.07, 6.45) is 1.39. The number of benzene rings is 2. The number of methoxy groups -OCH3 is 1. The molecule has 2 N–H and O–H groups in total. The molecule has 11 heteroatoms. The number of ether oxygens (including phenoxy) is 2. The topological polar surface area (TPSA) is 114 Å². The van der Waals surface area contributed by atoms with E-state index in [9.17, 15) is 13.2 Å². The van der Waals surface area contributed by atoms with E-state index < -0.39 is 17.5 Å². The van der Waals surface area contributed by atoms with Crippen molar-refractivity contribution in [3.8, 4) is 11.5 Å². The van der Waals surface area contributed by atoms with Crippen molar-refractivity contribution in [2.45, 2.75) is 36.1 Å². The first-order valence-electron chi connectivity index (χ1n) is 10.5. The molecule has 9 nitrogen and oxygen atoms in total. The Hall–Kier alpha value is -2.60. The molecule has 33 heavy (non-hydrogen) atoms. The van der Waals surface area contributed by atoms with Gasteiger partial charge in [-0.15, -0.1) is 0 Å². The maximum atomic E-state index is 12.8. The summed E-state index contributed by atoms with van der Waals surface area (Å²) in [5, 5.41) is 11.4. The number of hydrogen-bond acceptors (Lipinski definition) is 8. The highest BCUT2D eigenvalue weighted by Crippen LogP contribution is 2.36. The molecule has 0 saturated heterocycles. The van der Waals surface area contributed by atoms with Gasteiger partial charge in [-0.1, -0.05) is 0 Å². The van der Waals surface area contributed by atoms with Gasteiger partial charge in [-0.25, -0.2) is 8.42 Å². The van der Waals surface area contributed by atoms with Crippen LogP contribution >= 0.6 is 0 Å². The Morgan fingerprint density at radius 2 is 1.94 bits per heavy atom. The van der Waals surface area contributed by atoms with Crippen LogP contribution in [-0.2, 0) is 32.5 Å². The van der Waals surface area contributed by atoms with Crippen molar-refractivity contribution in [3.05, 3.63) is 47.5 Å². The summed E-state index contributed by atoms with van der Waals surface area (Å²) >= 11 is 0. The summed E-state index contributed by atoms with van der Waals surface area (Å²) < 4.78 is 41.4. The van der Waals surface area contributed by atoms with E-state index in [2.05, 4.69) is 5.32 Å². The highest BCUT2D eigenvalue weighted by atomic mass is 32.2. The summed E-state index contributed by atoms with van der Waals surface area (Å²) in [6.45, 7) is 0.330. The average Bonchev–Trinajstić information content (AvgIpc) is 3.60. The van der Waals surface area contributed by atoms with Crippen molar-refractivity contribution in [2.75, 3.05) is 33.1 Å². The molecule has 0 radical (unpaired) electrons. The molecule has 0 aromatic heterocycles. The largest absolute Gasteiger partial charge is 0.539 e. The number of rotatable bonds is 12. The summed E-state index contributed by atoms with van der Waals surface area (Å²) in [5.41, 5.74) is 1.82. The first-order valence-corrected chi connectivity index (χ1v) is 12.1. The number of carbonyl (C=O) groups is 1. The Kier molecular flexibility index (Phi) is 8.36. The van der Waals surface area contributed by atoms with E-state index in [0.717, 1.165) is 0 Å². The van der Waals surface area contributed by atoms with E-state index in [4.69, 9.17) is 19.2 Å². The van der Waals surface area contributed by atoms with Crippen LogP contribution in [-0.4, -0.2) is 65.0 Å². The van der Waals surface area contributed by atoms with Crippen molar-refractivity contribution in [2.24, 2.45) is 0 Å². The molecule has 1 amide bonds. The van der Waals surface area contributed by atoms with Crippen molar-refractivity contribution in [3.63, 3.8) is 0 Å². The molecule has 0 spiro atoms. The predicted octanol–water partition coefficient (Wildman–Crippen LogP) is 1.49. The molecule has 1 saturated carbocycles. The fourth-order valence-electron chi connectivity index (χ4n) is 3.44.